The van der Waals surface area contributed by atoms with E-state index >= 15 is 0 Å². The van der Waals surface area contributed by atoms with Gasteiger partial charge in [-0.1, -0.05) is 12.1 Å². The maximum atomic E-state index is 12.1. The van der Waals surface area contributed by atoms with Crippen molar-refractivity contribution in [2.45, 2.75) is 45.1 Å². The topological polar surface area (TPSA) is 50.4 Å². The number of amides is 1. The van der Waals surface area contributed by atoms with Crippen LogP contribution in [0, 0.1) is 11.8 Å². The fourth-order valence-corrected chi connectivity index (χ4v) is 3.10. The van der Waals surface area contributed by atoms with Gasteiger partial charge in [0.05, 0.1) is 6.61 Å². The first-order chi connectivity index (χ1) is 11.3. The van der Waals surface area contributed by atoms with E-state index in [1.165, 1.54) is 25.7 Å². The maximum Gasteiger partial charge on any atom is 0.224 e. The highest BCUT2D eigenvalue weighted by atomic mass is 16.5. The second kappa shape index (κ2) is 8.46. The molecule has 0 atom stereocenters. The Morgan fingerprint density at radius 1 is 1.17 bits per heavy atom. The Balaban J connectivity index is 1.39. The summed E-state index contributed by atoms with van der Waals surface area (Å²) in [7, 11) is 0. The molecule has 1 aromatic rings. The molecule has 2 fully saturated rings. The minimum absolute atomic E-state index is 0.125. The Kier molecular flexibility index (Phi) is 6.06. The molecule has 1 amide bonds. The number of nitrogens with one attached hydrogen (secondary N) is 2. The van der Waals surface area contributed by atoms with Crippen molar-refractivity contribution < 1.29 is 9.53 Å². The lowest BCUT2D eigenvalue weighted by molar-refractivity contribution is -0.116. The number of anilines is 1. The Morgan fingerprint density at radius 3 is 2.78 bits per heavy atom. The molecule has 0 bridgehead atoms. The van der Waals surface area contributed by atoms with Crippen molar-refractivity contribution in [3.8, 4) is 0 Å². The smallest absolute Gasteiger partial charge is 0.224 e. The zero-order valence-corrected chi connectivity index (χ0v) is 13.9. The number of rotatable bonds is 8. The molecule has 126 valence electrons. The average Bonchev–Trinajstić information content (AvgIpc) is 3.39. The summed E-state index contributed by atoms with van der Waals surface area (Å²) in [6, 6.07) is 8.01. The lowest BCUT2D eigenvalue weighted by Gasteiger charge is -2.22. The van der Waals surface area contributed by atoms with E-state index in [9.17, 15) is 4.79 Å². The summed E-state index contributed by atoms with van der Waals surface area (Å²) in [5, 5.41) is 6.39. The summed E-state index contributed by atoms with van der Waals surface area (Å²) in [6.07, 6.45) is 6.63. The van der Waals surface area contributed by atoms with Crippen LogP contribution in [0.4, 0.5) is 5.69 Å². The van der Waals surface area contributed by atoms with Gasteiger partial charge in [-0.3, -0.25) is 4.79 Å². The molecule has 1 saturated carbocycles. The van der Waals surface area contributed by atoms with Gasteiger partial charge in [-0.05, 0) is 74.7 Å². The summed E-state index contributed by atoms with van der Waals surface area (Å²) in [4.78, 5) is 12.1. The van der Waals surface area contributed by atoms with Crippen molar-refractivity contribution in [1.82, 2.24) is 5.32 Å². The van der Waals surface area contributed by atoms with Crippen molar-refractivity contribution in [1.29, 1.82) is 0 Å². The molecule has 1 aliphatic carbocycles. The lowest BCUT2D eigenvalue weighted by atomic mass is 9.93. The van der Waals surface area contributed by atoms with Crippen LogP contribution in [-0.2, 0) is 16.1 Å². The van der Waals surface area contributed by atoms with Gasteiger partial charge in [-0.25, -0.2) is 0 Å². The Bertz CT molecular complexity index is 508. The van der Waals surface area contributed by atoms with Crippen LogP contribution < -0.4 is 10.6 Å². The molecule has 0 spiro atoms. The van der Waals surface area contributed by atoms with Gasteiger partial charge in [0.2, 0.25) is 5.91 Å². The van der Waals surface area contributed by atoms with Crippen LogP contribution in [-0.4, -0.2) is 25.6 Å². The van der Waals surface area contributed by atoms with Gasteiger partial charge in [-0.2, -0.15) is 0 Å². The van der Waals surface area contributed by atoms with E-state index < -0.39 is 0 Å². The van der Waals surface area contributed by atoms with Crippen molar-refractivity contribution >= 4 is 11.6 Å². The van der Waals surface area contributed by atoms with Crippen LogP contribution in [0.1, 0.15) is 44.1 Å². The van der Waals surface area contributed by atoms with Crippen LogP contribution in [0.2, 0.25) is 0 Å². The summed E-state index contributed by atoms with van der Waals surface area (Å²) in [6.45, 7) is 3.69. The monoisotopic (exact) mass is 316 g/mol. The van der Waals surface area contributed by atoms with Crippen molar-refractivity contribution in [3.63, 3.8) is 0 Å². The highest BCUT2D eigenvalue weighted by Crippen LogP contribution is 2.29. The van der Waals surface area contributed by atoms with Gasteiger partial charge < -0.3 is 15.4 Å². The third-order valence-corrected chi connectivity index (χ3v) is 4.77. The Morgan fingerprint density at radius 2 is 2.00 bits per heavy atom. The van der Waals surface area contributed by atoms with Gasteiger partial charge in [0.25, 0.3) is 0 Å². The number of hydrogen-bond acceptors (Lipinski definition) is 3. The molecule has 2 N–H and O–H groups in total. The minimum Gasteiger partial charge on any atom is -0.376 e. The summed E-state index contributed by atoms with van der Waals surface area (Å²) < 4.78 is 5.71. The Hall–Kier alpha value is -1.39. The molecule has 1 heterocycles. The minimum atomic E-state index is 0.125. The molecular formula is C19H28N2O2. The zero-order valence-electron chi connectivity index (χ0n) is 13.9. The molecule has 1 saturated heterocycles. The predicted octanol–water partition coefficient (Wildman–Crippen LogP) is 3.33. The average molecular weight is 316 g/mol. The first-order valence-corrected chi connectivity index (χ1v) is 8.97. The molecule has 3 rings (SSSR count). The van der Waals surface area contributed by atoms with E-state index in [0.29, 0.717) is 18.9 Å². The van der Waals surface area contributed by atoms with Gasteiger partial charge in [0.1, 0.15) is 0 Å². The standard InChI is InChI=1S/C19H28N2O2/c22-19(7-6-15-8-10-20-11-9-15)21-18-3-1-2-17(12-18)14-23-13-16-4-5-16/h1-3,12,15-16,20H,4-11,13-14H2,(H,21,22). The van der Waals surface area contributed by atoms with Crippen LogP contribution in [0.15, 0.2) is 24.3 Å². The molecule has 0 unspecified atom stereocenters. The first kappa shape index (κ1) is 16.5. The van der Waals surface area contributed by atoms with Crippen LogP contribution >= 0.6 is 0 Å². The van der Waals surface area contributed by atoms with E-state index in [-0.39, 0.29) is 5.91 Å². The van der Waals surface area contributed by atoms with Crippen molar-refractivity contribution in [3.05, 3.63) is 29.8 Å². The van der Waals surface area contributed by atoms with Gasteiger partial charge in [0.15, 0.2) is 0 Å². The third kappa shape index (κ3) is 5.96. The van der Waals surface area contributed by atoms with E-state index in [0.717, 1.165) is 43.3 Å². The summed E-state index contributed by atoms with van der Waals surface area (Å²) in [5.74, 6) is 1.61. The molecule has 4 nitrogen and oxygen atoms in total. The summed E-state index contributed by atoms with van der Waals surface area (Å²) in [5.41, 5.74) is 2.01. The highest BCUT2D eigenvalue weighted by molar-refractivity contribution is 5.90. The van der Waals surface area contributed by atoms with Gasteiger partial charge >= 0.3 is 0 Å². The van der Waals surface area contributed by atoms with E-state index in [2.05, 4.69) is 16.7 Å². The molecule has 1 aromatic carbocycles. The highest BCUT2D eigenvalue weighted by Gasteiger charge is 2.21. The number of hydrogen-bond donors (Lipinski definition) is 2. The number of piperidine rings is 1. The van der Waals surface area contributed by atoms with Crippen molar-refractivity contribution in [2.75, 3.05) is 25.0 Å². The zero-order chi connectivity index (χ0) is 15.9. The lowest BCUT2D eigenvalue weighted by Crippen LogP contribution is -2.28. The van der Waals surface area contributed by atoms with Crippen molar-refractivity contribution in [2.24, 2.45) is 11.8 Å². The SMILES string of the molecule is O=C(CCC1CCNCC1)Nc1cccc(COCC2CC2)c1. The summed E-state index contributed by atoms with van der Waals surface area (Å²) >= 11 is 0. The van der Waals surface area contributed by atoms with E-state index in [1.807, 2.05) is 18.2 Å². The van der Waals surface area contributed by atoms with E-state index in [1.54, 1.807) is 0 Å². The number of carbonyl (C=O) groups is 1. The fourth-order valence-electron chi connectivity index (χ4n) is 3.10. The van der Waals surface area contributed by atoms with Crippen LogP contribution in [0.25, 0.3) is 0 Å². The molecule has 4 heteroatoms. The molecule has 0 aromatic heterocycles. The molecule has 2 aliphatic rings. The van der Waals surface area contributed by atoms with Crippen LogP contribution in [0.3, 0.4) is 0 Å². The third-order valence-electron chi connectivity index (χ3n) is 4.77. The first-order valence-electron chi connectivity index (χ1n) is 8.97. The van der Waals surface area contributed by atoms with Gasteiger partial charge in [0, 0.05) is 18.7 Å². The number of ether oxygens (including phenoxy) is 1. The fraction of sp³-hybridized carbons (Fsp3) is 0.632. The molecular weight excluding hydrogens is 288 g/mol. The van der Waals surface area contributed by atoms with E-state index in [4.69, 9.17) is 4.74 Å². The molecule has 0 radical (unpaired) electrons. The van der Waals surface area contributed by atoms with Crippen LogP contribution in [0.5, 0.6) is 0 Å². The predicted molar refractivity (Wildman–Crippen MR) is 92.3 cm³/mol. The largest absolute Gasteiger partial charge is 0.376 e. The number of benzene rings is 1. The number of carbonyl (C=O) groups excluding carboxylic acids is 1. The normalized spacial score (nSPS) is 18.8. The van der Waals surface area contributed by atoms with Gasteiger partial charge in [-0.15, -0.1) is 0 Å². The quantitative estimate of drug-likeness (QED) is 0.773. The maximum absolute atomic E-state index is 12.1. The molecule has 23 heavy (non-hydrogen) atoms. The Labute approximate surface area is 139 Å². The second-order valence-electron chi connectivity index (χ2n) is 6.94. The second-order valence-corrected chi connectivity index (χ2v) is 6.94. The molecule has 1 aliphatic heterocycles.